The first-order valence-electron chi connectivity index (χ1n) is 9.82. The van der Waals surface area contributed by atoms with E-state index in [4.69, 9.17) is 18.9 Å². The highest BCUT2D eigenvalue weighted by Gasteiger charge is 2.16. The van der Waals surface area contributed by atoms with Gasteiger partial charge in [-0.25, -0.2) is 4.79 Å². The van der Waals surface area contributed by atoms with Crippen LogP contribution in [0.15, 0.2) is 48.5 Å². The third-order valence-electron chi connectivity index (χ3n) is 4.41. The van der Waals surface area contributed by atoms with Crippen LogP contribution in [0, 0.1) is 0 Å². The summed E-state index contributed by atoms with van der Waals surface area (Å²) < 4.78 is 21.6. The molecule has 2 aromatic rings. The third-order valence-corrected chi connectivity index (χ3v) is 4.41. The molecular formula is C23H25NO6. The Morgan fingerprint density at radius 2 is 1.90 bits per heavy atom. The fourth-order valence-corrected chi connectivity index (χ4v) is 2.94. The van der Waals surface area contributed by atoms with Crippen LogP contribution in [-0.2, 0) is 14.3 Å². The van der Waals surface area contributed by atoms with E-state index in [-0.39, 0.29) is 12.6 Å². The zero-order chi connectivity index (χ0) is 21.3. The molecule has 1 aliphatic heterocycles. The van der Waals surface area contributed by atoms with Gasteiger partial charge in [-0.15, -0.1) is 0 Å². The molecule has 30 heavy (non-hydrogen) atoms. The molecule has 0 bridgehead atoms. The van der Waals surface area contributed by atoms with E-state index in [0.29, 0.717) is 37.1 Å². The highest BCUT2D eigenvalue weighted by atomic mass is 16.6. The van der Waals surface area contributed by atoms with Gasteiger partial charge in [0, 0.05) is 11.6 Å². The summed E-state index contributed by atoms with van der Waals surface area (Å²) in [6.07, 6.45) is 2.87. The quantitative estimate of drug-likeness (QED) is 0.530. The van der Waals surface area contributed by atoms with Gasteiger partial charge in [0.25, 0.3) is 5.91 Å². The molecule has 1 N–H and O–H groups in total. The Kier molecular flexibility index (Phi) is 7.32. The van der Waals surface area contributed by atoms with Crippen LogP contribution in [0.3, 0.4) is 0 Å². The number of carbonyl (C=O) groups excluding carboxylic acids is 2. The second kappa shape index (κ2) is 10.3. The molecule has 0 spiro atoms. The minimum atomic E-state index is -0.608. The zero-order valence-electron chi connectivity index (χ0n) is 17.1. The van der Waals surface area contributed by atoms with Crippen LogP contribution in [0.1, 0.15) is 31.0 Å². The smallest absolute Gasteiger partial charge is 0.331 e. The summed E-state index contributed by atoms with van der Waals surface area (Å²) in [6.45, 7) is 4.91. The maximum atomic E-state index is 12.1. The van der Waals surface area contributed by atoms with E-state index >= 15 is 0 Å². The largest absolute Gasteiger partial charge is 0.493 e. The average Bonchev–Trinajstić information content (AvgIpc) is 2.77. The average molecular weight is 411 g/mol. The molecule has 0 fully saturated rings. The summed E-state index contributed by atoms with van der Waals surface area (Å²) >= 11 is 0. The summed E-state index contributed by atoms with van der Waals surface area (Å²) in [7, 11) is 0. The number of benzene rings is 2. The molecule has 0 radical (unpaired) electrons. The van der Waals surface area contributed by atoms with Gasteiger partial charge >= 0.3 is 5.97 Å². The number of rotatable bonds is 8. The molecule has 3 rings (SSSR count). The first-order valence-corrected chi connectivity index (χ1v) is 9.82. The molecule has 1 unspecified atom stereocenters. The predicted octanol–water partition coefficient (Wildman–Crippen LogP) is 3.29. The molecule has 158 valence electrons. The van der Waals surface area contributed by atoms with Crippen molar-refractivity contribution < 1.29 is 28.5 Å². The molecule has 1 aliphatic rings. The Balaban J connectivity index is 1.49. The molecule has 1 heterocycles. The van der Waals surface area contributed by atoms with Gasteiger partial charge in [0.1, 0.15) is 19.0 Å². The Labute approximate surface area is 175 Å². The first kappa shape index (κ1) is 21.2. The lowest BCUT2D eigenvalue weighted by atomic mass is 10.1. The highest BCUT2D eigenvalue weighted by Crippen LogP contribution is 2.32. The Bertz CT molecular complexity index is 924. The van der Waals surface area contributed by atoms with Crippen LogP contribution in [-0.4, -0.2) is 38.3 Å². The molecule has 7 nitrogen and oxygen atoms in total. The SMILES string of the molecule is CCOc1ccccc1/C=C/C(=O)OCC(=O)NC(C)c1ccc2c(c1)OCCO2. The number of esters is 1. The van der Waals surface area contributed by atoms with Crippen molar-refractivity contribution >= 4 is 18.0 Å². The van der Waals surface area contributed by atoms with E-state index in [0.717, 1.165) is 11.1 Å². The van der Waals surface area contributed by atoms with Crippen molar-refractivity contribution in [2.45, 2.75) is 19.9 Å². The topological polar surface area (TPSA) is 83.1 Å². The summed E-state index contributed by atoms with van der Waals surface area (Å²) in [5, 5.41) is 2.80. The Morgan fingerprint density at radius 1 is 1.13 bits per heavy atom. The normalized spacial score (nSPS) is 13.5. The molecular weight excluding hydrogens is 386 g/mol. The zero-order valence-corrected chi connectivity index (χ0v) is 17.1. The van der Waals surface area contributed by atoms with Crippen molar-refractivity contribution in [3.05, 3.63) is 59.7 Å². The monoisotopic (exact) mass is 411 g/mol. The van der Waals surface area contributed by atoms with Gasteiger partial charge in [-0.05, 0) is 43.7 Å². The Hall–Kier alpha value is -3.48. The van der Waals surface area contributed by atoms with E-state index in [1.165, 1.54) is 6.08 Å². The molecule has 2 aromatic carbocycles. The first-order chi connectivity index (χ1) is 14.6. The van der Waals surface area contributed by atoms with E-state index in [9.17, 15) is 9.59 Å². The predicted molar refractivity (Wildman–Crippen MR) is 112 cm³/mol. The molecule has 1 atom stereocenters. The molecule has 0 aliphatic carbocycles. The summed E-state index contributed by atoms with van der Waals surface area (Å²) in [5.74, 6) is 1.02. The highest BCUT2D eigenvalue weighted by molar-refractivity contribution is 5.89. The summed E-state index contributed by atoms with van der Waals surface area (Å²) in [4.78, 5) is 24.1. The van der Waals surface area contributed by atoms with Crippen LogP contribution in [0.25, 0.3) is 6.08 Å². The van der Waals surface area contributed by atoms with Crippen LogP contribution in [0.5, 0.6) is 17.2 Å². The van der Waals surface area contributed by atoms with Crippen LogP contribution in [0.2, 0.25) is 0 Å². The number of nitrogens with one attached hydrogen (secondary N) is 1. The van der Waals surface area contributed by atoms with E-state index in [1.54, 1.807) is 6.08 Å². The van der Waals surface area contributed by atoms with E-state index in [2.05, 4.69) is 5.32 Å². The van der Waals surface area contributed by atoms with Gasteiger partial charge in [-0.2, -0.15) is 0 Å². The van der Waals surface area contributed by atoms with Gasteiger partial charge in [0.05, 0.1) is 12.6 Å². The molecule has 0 aromatic heterocycles. The van der Waals surface area contributed by atoms with Crippen LogP contribution >= 0.6 is 0 Å². The minimum absolute atomic E-state index is 0.277. The lowest BCUT2D eigenvalue weighted by Gasteiger charge is -2.21. The van der Waals surface area contributed by atoms with Gasteiger partial charge in [0.15, 0.2) is 18.1 Å². The van der Waals surface area contributed by atoms with Gasteiger partial charge in [-0.3, -0.25) is 4.79 Å². The maximum absolute atomic E-state index is 12.1. The minimum Gasteiger partial charge on any atom is -0.493 e. The summed E-state index contributed by atoms with van der Waals surface area (Å²) in [5.41, 5.74) is 1.62. The Morgan fingerprint density at radius 3 is 2.70 bits per heavy atom. The van der Waals surface area contributed by atoms with Crippen LogP contribution < -0.4 is 19.5 Å². The lowest BCUT2D eigenvalue weighted by Crippen LogP contribution is -2.31. The maximum Gasteiger partial charge on any atom is 0.331 e. The number of carbonyl (C=O) groups is 2. The van der Waals surface area contributed by atoms with Gasteiger partial charge in [-0.1, -0.05) is 24.3 Å². The molecule has 0 saturated carbocycles. The number of para-hydroxylation sites is 1. The van der Waals surface area contributed by atoms with Crippen molar-refractivity contribution in [2.75, 3.05) is 26.4 Å². The van der Waals surface area contributed by atoms with Gasteiger partial charge < -0.3 is 24.3 Å². The molecule has 0 saturated heterocycles. The third kappa shape index (κ3) is 5.76. The van der Waals surface area contributed by atoms with Crippen molar-refractivity contribution in [1.29, 1.82) is 0 Å². The van der Waals surface area contributed by atoms with Gasteiger partial charge in [0.2, 0.25) is 0 Å². The van der Waals surface area contributed by atoms with E-state index < -0.39 is 11.9 Å². The lowest BCUT2D eigenvalue weighted by molar-refractivity contribution is -0.144. The van der Waals surface area contributed by atoms with Crippen molar-refractivity contribution in [3.8, 4) is 17.2 Å². The summed E-state index contributed by atoms with van der Waals surface area (Å²) in [6, 6.07) is 12.6. The van der Waals surface area contributed by atoms with E-state index in [1.807, 2.05) is 56.3 Å². The standard InChI is InChI=1S/C23H25NO6/c1-3-27-19-7-5-4-6-17(19)9-11-23(26)30-15-22(25)24-16(2)18-8-10-20-21(14-18)29-13-12-28-20/h4-11,14,16H,3,12-13,15H2,1-2H3,(H,24,25)/b11-9+. The number of ether oxygens (including phenoxy) is 4. The number of hydrogen-bond donors (Lipinski definition) is 1. The number of fused-ring (bicyclic) bond motifs is 1. The number of hydrogen-bond acceptors (Lipinski definition) is 6. The van der Waals surface area contributed by atoms with Crippen molar-refractivity contribution in [1.82, 2.24) is 5.32 Å². The molecule has 7 heteroatoms. The van der Waals surface area contributed by atoms with Crippen molar-refractivity contribution in [2.24, 2.45) is 0 Å². The van der Waals surface area contributed by atoms with Crippen molar-refractivity contribution in [3.63, 3.8) is 0 Å². The van der Waals surface area contributed by atoms with Crippen LogP contribution in [0.4, 0.5) is 0 Å². The fraction of sp³-hybridized carbons (Fsp3) is 0.304. The molecule has 1 amide bonds. The number of amides is 1. The second-order valence-corrected chi connectivity index (χ2v) is 6.60. The second-order valence-electron chi connectivity index (χ2n) is 6.60. The fourth-order valence-electron chi connectivity index (χ4n) is 2.94.